The van der Waals surface area contributed by atoms with Crippen LogP contribution in [0.3, 0.4) is 0 Å². The van der Waals surface area contributed by atoms with Gasteiger partial charge in [0.15, 0.2) is 0 Å². The van der Waals surface area contributed by atoms with Crippen molar-refractivity contribution in [3.8, 4) is 5.75 Å². The SMILES string of the molecule is Cc1ccc(Cl)c(OCC[NH+]2CC[NH2+]CC2)c1. The molecule has 1 aromatic carbocycles. The summed E-state index contributed by atoms with van der Waals surface area (Å²) in [6, 6.07) is 5.90. The van der Waals surface area contributed by atoms with Gasteiger partial charge in [-0.25, -0.2) is 0 Å². The molecule has 1 fully saturated rings. The van der Waals surface area contributed by atoms with Crippen LogP contribution in [0.15, 0.2) is 18.2 Å². The number of piperazine rings is 1. The van der Waals surface area contributed by atoms with E-state index in [0.29, 0.717) is 5.02 Å². The fourth-order valence-electron chi connectivity index (χ4n) is 2.16. The fraction of sp³-hybridized carbons (Fsp3) is 0.538. The smallest absolute Gasteiger partial charge is 0.138 e. The lowest BCUT2D eigenvalue weighted by atomic mass is 10.2. The molecule has 0 atom stereocenters. The molecule has 3 N–H and O–H groups in total. The summed E-state index contributed by atoms with van der Waals surface area (Å²) in [6.45, 7) is 8.82. The van der Waals surface area contributed by atoms with Gasteiger partial charge in [-0.3, -0.25) is 0 Å². The van der Waals surface area contributed by atoms with Gasteiger partial charge >= 0.3 is 0 Å². The first kappa shape index (κ1) is 12.7. The average Bonchev–Trinajstić information content (AvgIpc) is 2.35. The van der Waals surface area contributed by atoms with Gasteiger partial charge in [-0.15, -0.1) is 0 Å². The molecule has 0 aliphatic carbocycles. The molecule has 0 saturated carbocycles. The molecule has 0 amide bonds. The third-order valence-corrected chi connectivity index (χ3v) is 3.52. The number of hydrogen-bond acceptors (Lipinski definition) is 1. The van der Waals surface area contributed by atoms with E-state index in [4.69, 9.17) is 16.3 Å². The molecule has 1 aliphatic heterocycles. The normalized spacial score (nSPS) is 17.1. The van der Waals surface area contributed by atoms with Crippen molar-refractivity contribution in [1.82, 2.24) is 0 Å². The molecular formula is C13H21ClN2O+2. The Kier molecular flexibility index (Phi) is 4.66. The second kappa shape index (κ2) is 6.24. The topological polar surface area (TPSA) is 30.3 Å². The standard InChI is InChI=1S/C13H19ClN2O/c1-11-2-3-12(14)13(10-11)17-9-8-16-6-4-15-5-7-16/h2-3,10,15H,4-9H2,1H3/p+2. The first-order chi connectivity index (χ1) is 8.25. The molecular weight excluding hydrogens is 236 g/mol. The molecule has 1 aromatic rings. The fourth-order valence-corrected chi connectivity index (χ4v) is 2.33. The molecule has 2 rings (SSSR count). The monoisotopic (exact) mass is 256 g/mol. The molecule has 1 aliphatic rings. The van der Waals surface area contributed by atoms with E-state index in [1.165, 1.54) is 31.7 Å². The third-order valence-electron chi connectivity index (χ3n) is 3.20. The highest BCUT2D eigenvalue weighted by Crippen LogP contribution is 2.24. The molecule has 1 saturated heterocycles. The van der Waals surface area contributed by atoms with Crippen molar-refractivity contribution in [1.29, 1.82) is 0 Å². The number of benzene rings is 1. The Labute approximate surface area is 108 Å². The molecule has 0 unspecified atom stereocenters. The molecule has 3 nitrogen and oxygen atoms in total. The third kappa shape index (κ3) is 3.87. The van der Waals surface area contributed by atoms with Gasteiger partial charge in [0.1, 0.15) is 45.1 Å². The maximum Gasteiger partial charge on any atom is 0.138 e. The second-order valence-electron chi connectivity index (χ2n) is 4.65. The van der Waals surface area contributed by atoms with Gasteiger partial charge in [-0.1, -0.05) is 17.7 Å². The van der Waals surface area contributed by atoms with E-state index in [-0.39, 0.29) is 0 Å². The summed E-state index contributed by atoms with van der Waals surface area (Å²) >= 11 is 6.08. The summed E-state index contributed by atoms with van der Waals surface area (Å²) < 4.78 is 5.76. The zero-order chi connectivity index (χ0) is 12.1. The van der Waals surface area contributed by atoms with Crippen LogP contribution >= 0.6 is 11.6 Å². The number of quaternary nitrogens is 2. The average molecular weight is 257 g/mol. The van der Waals surface area contributed by atoms with Crippen LogP contribution in [-0.4, -0.2) is 39.3 Å². The molecule has 0 spiro atoms. The van der Waals surface area contributed by atoms with E-state index >= 15 is 0 Å². The van der Waals surface area contributed by atoms with E-state index < -0.39 is 0 Å². The molecule has 94 valence electrons. The van der Waals surface area contributed by atoms with Crippen molar-refractivity contribution in [3.05, 3.63) is 28.8 Å². The largest absolute Gasteiger partial charge is 0.486 e. The maximum atomic E-state index is 6.08. The molecule has 4 heteroatoms. The number of halogens is 1. The first-order valence-electron chi connectivity index (χ1n) is 6.30. The van der Waals surface area contributed by atoms with Crippen molar-refractivity contribution in [3.63, 3.8) is 0 Å². The van der Waals surface area contributed by atoms with Crippen LogP contribution in [0.25, 0.3) is 0 Å². The van der Waals surface area contributed by atoms with Crippen LogP contribution in [0.1, 0.15) is 5.56 Å². The van der Waals surface area contributed by atoms with Gasteiger partial charge in [-0.05, 0) is 24.6 Å². The summed E-state index contributed by atoms with van der Waals surface area (Å²) in [5.41, 5.74) is 1.18. The zero-order valence-electron chi connectivity index (χ0n) is 10.3. The number of aryl methyl sites for hydroxylation is 1. The Morgan fingerprint density at radius 1 is 1.35 bits per heavy atom. The van der Waals surface area contributed by atoms with E-state index in [9.17, 15) is 0 Å². The first-order valence-corrected chi connectivity index (χ1v) is 6.67. The van der Waals surface area contributed by atoms with Gasteiger partial charge < -0.3 is 15.0 Å². The van der Waals surface area contributed by atoms with Crippen LogP contribution in [0, 0.1) is 6.92 Å². The van der Waals surface area contributed by atoms with Crippen molar-refractivity contribution >= 4 is 11.6 Å². The lowest BCUT2D eigenvalue weighted by Gasteiger charge is -2.22. The minimum Gasteiger partial charge on any atom is -0.486 e. The Morgan fingerprint density at radius 3 is 2.88 bits per heavy atom. The summed E-state index contributed by atoms with van der Waals surface area (Å²) in [5, 5.41) is 3.08. The summed E-state index contributed by atoms with van der Waals surface area (Å²) in [6.07, 6.45) is 0. The number of nitrogens with two attached hydrogens (primary N) is 1. The van der Waals surface area contributed by atoms with Gasteiger partial charge in [0.25, 0.3) is 0 Å². The van der Waals surface area contributed by atoms with Crippen molar-refractivity contribution < 1.29 is 15.0 Å². The van der Waals surface area contributed by atoms with Crippen LogP contribution in [-0.2, 0) is 0 Å². The Balaban J connectivity index is 1.79. The molecule has 0 aromatic heterocycles. The lowest BCUT2D eigenvalue weighted by Crippen LogP contribution is -3.20. The highest BCUT2D eigenvalue weighted by atomic mass is 35.5. The summed E-state index contributed by atoms with van der Waals surface area (Å²) in [4.78, 5) is 1.64. The Bertz CT molecular complexity index is 364. The van der Waals surface area contributed by atoms with Crippen LogP contribution in [0.5, 0.6) is 5.75 Å². The quantitative estimate of drug-likeness (QED) is 0.747. The molecule has 17 heavy (non-hydrogen) atoms. The predicted molar refractivity (Wildman–Crippen MR) is 68.9 cm³/mol. The van der Waals surface area contributed by atoms with Gasteiger partial charge in [0.2, 0.25) is 0 Å². The lowest BCUT2D eigenvalue weighted by molar-refractivity contribution is -0.946. The maximum absolute atomic E-state index is 6.08. The van der Waals surface area contributed by atoms with Crippen molar-refractivity contribution in [2.75, 3.05) is 39.3 Å². The highest BCUT2D eigenvalue weighted by Gasteiger charge is 2.15. The van der Waals surface area contributed by atoms with Crippen LogP contribution < -0.4 is 15.0 Å². The Morgan fingerprint density at radius 2 is 2.12 bits per heavy atom. The van der Waals surface area contributed by atoms with Gasteiger partial charge in [0.05, 0.1) is 5.02 Å². The van der Waals surface area contributed by atoms with E-state index in [0.717, 1.165) is 18.9 Å². The minimum atomic E-state index is 0.706. The van der Waals surface area contributed by atoms with Gasteiger partial charge in [0, 0.05) is 0 Å². The second-order valence-corrected chi connectivity index (χ2v) is 5.06. The van der Waals surface area contributed by atoms with E-state index in [1.54, 1.807) is 4.90 Å². The van der Waals surface area contributed by atoms with Gasteiger partial charge in [-0.2, -0.15) is 0 Å². The number of rotatable bonds is 4. The number of ether oxygens (including phenoxy) is 1. The predicted octanol–water partition coefficient (Wildman–Crippen LogP) is -0.511. The van der Waals surface area contributed by atoms with Crippen molar-refractivity contribution in [2.24, 2.45) is 0 Å². The molecule has 0 bridgehead atoms. The number of hydrogen-bond donors (Lipinski definition) is 2. The highest BCUT2D eigenvalue weighted by molar-refractivity contribution is 6.32. The zero-order valence-corrected chi connectivity index (χ0v) is 11.1. The van der Waals surface area contributed by atoms with E-state index in [2.05, 4.69) is 12.2 Å². The molecule has 1 heterocycles. The van der Waals surface area contributed by atoms with Crippen molar-refractivity contribution in [2.45, 2.75) is 6.92 Å². The molecule has 0 radical (unpaired) electrons. The van der Waals surface area contributed by atoms with Crippen LogP contribution in [0.4, 0.5) is 0 Å². The Hall–Kier alpha value is -0.770. The summed E-state index contributed by atoms with van der Waals surface area (Å²) in [5.74, 6) is 0.814. The number of nitrogens with one attached hydrogen (secondary N) is 1. The summed E-state index contributed by atoms with van der Waals surface area (Å²) in [7, 11) is 0. The van der Waals surface area contributed by atoms with E-state index in [1.807, 2.05) is 18.2 Å². The van der Waals surface area contributed by atoms with Crippen LogP contribution in [0.2, 0.25) is 5.02 Å². The minimum absolute atomic E-state index is 0.706.